The van der Waals surface area contributed by atoms with E-state index < -0.39 is 0 Å². The number of hydrogen-bond donors (Lipinski definition) is 0. The van der Waals surface area contributed by atoms with E-state index in [1.54, 1.807) is 0 Å². The fraction of sp³-hybridized carbons (Fsp3) is 0.700. The maximum Gasteiger partial charge on any atom is 0.119 e. The molecule has 1 rings (SSSR count). The molecule has 0 N–H and O–H groups in total. The second-order valence-electron chi connectivity index (χ2n) is 6.92. The zero-order valence-corrected chi connectivity index (χ0v) is 15.4. The topological polar surface area (TPSA) is 18.5 Å². The minimum absolute atomic E-state index is 0.620. The average Bonchev–Trinajstić information content (AvgIpc) is 2.55. The molecule has 0 saturated heterocycles. The van der Waals surface area contributed by atoms with Crippen molar-refractivity contribution in [1.82, 2.24) is 0 Å². The highest BCUT2D eigenvalue weighted by molar-refractivity contribution is 5.20. The Balaban J connectivity index is 1.96. The normalized spacial score (nSPS) is 11.6. The summed E-state index contributed by atoms with van der Waals surface area (Å²) < 4.78 is 12.4. The van der Waals surface area contributed by atoms with Gasteiger partial charge < -0.3 is 14.0 Å². The number of quaternary nitrogens is 1. The first kappa shape index (κ1) is 20.0. The second-order valence-corrected chi connectivity index (χ2v) is 6.92. The Kier molecular flexibility index (Phi) is 10.8. The fourth-order valence-electron chi connectivity index (χ4n) is 2.58. The van der Waals surface area contributed by atoms with Crippen LogP contribution in [0.3, 0.4) is 0 Å². The van der Waals surface area contributed by atoms with Crippen molar-refractivity contribution in [2.24, 2.45) is 0 Å². The Morgan fingerprint density at radius 3 is 2.22 bits per heavy atom. The van der Waals surface area contributed by atoms with Crippen LogP contribution in [0.5, 0.6) is 5.75 Å². The van der Waals surface area contributed by atoms with Crippen LogP contribution in [-0.2, 0) is 4.74 Å². The van der Waals surface area contributed by atoms with E-state index in [1.165, 1.54) is 45.1 Å². The number of rotatable bonds is 14. The number of unbranched alkanes of at least 4 members (excludes halogenated alkanes) is 5. The van der Waals surface area contributed by atoms with Crippen molar-refractivity contribution in [3.05, 3.63) is 30.3 Å². The van der Waals surface area contributed by atoms with Crippen molar-refractivity contribution in [3.63, 3.8) is 0 Å². The van der Waals surface area contributed by atoms with Crippen LogP contribution < -0.4 is 4.74 Å². The van der Waals surface area contributed by atoms with Gasteiger partial charge in [-0.15, -0.1) is 0 Å². The van der Waals surface area contributed by atoms with Crippen molar-refractivity contribution in [3.8, 4) is 5.75 Å². The van der Waals surface area contributed by atoms with Crippen LogP contribution in [0, 0.1) is 0 Å². The molecule has 0 bridgehead atoms. The molecular formula is C20H36NO2+. The molecule has 132 valence electrons. The van der Waals surface area contributed by atoms with Crippen molar-refractivity contribution in [2.45, 2.75) is 45.4 Å². The van der Waals surface area contributed by atoms with Gasteiger partial charge in [0.1, 0.15) is 18.9 Å². The third kappa shape index (κ3) is 11.2. The van der Waals surface area contributed by atoms with Crippen LogP contribution in [0.15, 0.2) is 30.3 Å². The van der Waals surface area contributed by atoms with Crippen molar-refractivity contribution in [1.29, 1.82) is 0 Å². The first-order valence-electron chi connectivity index (χ1n) is 9.21. The summed E-state index contributed by atoms with van der Waals surface area (Å²) in [6.07, 6.45) is 8.20. The first-order valence-corrected chi connectivity index (χ1v) is 9.21. The lowest BCUT2D eigenvalue weighted by Gasteiger charge is -2.29. The third-order valence-corrected chi connectivity index (χ3v) is 4.20. The van der Waals surface area contributed by atoms with Crippen LogP contribution in [0.1, 0.15) is 45.4 Å². The minimum Gasteiger partial charge on any atom is -0.491 e. The average molecular weight is 323 g/mol. The Hall–Kier alpha value is -1.06. The van der Waals surface area contributed by atoms with Gasteiger partial charge >= 0.3 is 0 Å². The largest absolute Gasteiger partial charge is 0.491 e. The van der Waals surface area contributed by atoms with Crippen LogP contribution in [0.2, 0.25) is 0 Å². The van der Waals surface area contributed by atoms with Gasteiger partial charge in [-0.3, -0.25) is 0 Å². The molecule has 0 unspecified atom stereocenters. The maximum absolute atomic E-state index is 5.71. The molecule has 0 aliphatic carbocycles. The molecule has 0 aliphatic heterocycles. The summed E-state index contributed by atoms with van der Waals surface area (Å²) in [5.41, 5.74) is 0. The number of benzene rings is 1. The molecule has 0 amide bonds. The van der Waals surface area contributed by atoms with E-state index in [0.29, 0.717) is 13.2 Å². The fourth-order valence-corrected chi connectivity index (χ4v) is 2.58. The molecule has 0 fully saturated rings. The summed E-state index contributed by atoms with van der Waals surface area (Å²) in [6, 6.07) is 9.91. The van der Waals surface area contributed by atoms with E-state index in [0.717, 1.165) is 23.4 Å². The van der Waals surface area contributed by atoms with E-state index in [4.69, 9.17) is 9.47 Å². The molecule has 0 atom stereocenters. The summed E-state index contributed by atoms with van der Waals surface area (Å²) in [7, 11) is 4.60. The van der Waals surface area contributed by atoms with Crippen LogP contribution in [0.4, 0.5) is 0 Å². The summed E-state index contributed by atoms with van der Waals surface area (Å²) >= 11 is 0. The molecule has 0 heterocycles. The van der Waals surface area contributed by atoms with E-state index in [9.17, 15) is 0 Å². The minimum atomic E-state index is 0.620. The van der Waals surface area contributed by atoms with E-state index in [1.807, 2.05) is 30.3 Å². The SMILES string of the molecule is CCCCCCCC[N+](C)(C)CCOCCOc1ccccc1. The smallest absolute Gasteiger partial charge is 0.119 e. The van der Waals surface area contributed by atoms with Gasteiger partial charge in [-0.05, 0) is 25.0 Å². The predicted octanol–water partition coefficient (Wildman–Crippen LogP) is 4.52. The first-order chi connectivity index (χ1) is 11.1. The van der Waals surface area contributed by atoms with Gasteiger partial charge in [0, 0.05) is 0 Å². The van der Waals surface area contributed by atoms with Gasteiger partial charge in [0.05, 0.1) is 33.9 Å². The lowest BCUT2D eigenvalue weighted by Crippen LogP contribution is -2.43. The second kappa shape index (κ2) is 12.4. The lowest BCUT2D eigenvalue weighted by molar-refractivity contribution is -0.891. The number of likely N-dealkylation sites (N-methyl/N-ethyl adjacent to an activating group) is 1. The Morgan fingerprint density at radius 2 is 1.48 bits per heavy atom. The van der Waals surface area contributed by atoms with E-state index in [2.05, 4.69) is 21.0 Å². The van der Waals surface area contributed by atoms with Gasteiger partial charge in [-0.1, -0.05) is 50.8 Å². The summed E-state index contributed by atoms with van der Waals surface area (Å²) in [4.78, 5) is 0. The monoisotopic (exact) mass is 322 g/mol. The van der Waals surface area contributed by atoms with Crippen LogP contribution in [0.25, 0.3) is 0 Å². The van der Waals surface area contributed by atoms with Crippen molar-refractivity contribution in [2.75, 3.05) is 47.0 Å². The van der Waals surface area contributed by atoms with Gasteiger partial charge in [0.15, 0.2) is 0 Å². The molecule has 23 heavy (non-hydrogen) atoms. The highest BCUT2D eigenvalue weighted by Crippen LogP contribution is 2.09. The maximum atomic E-state index is 5.71. The summed E-state index contributed by atoms with van der Waals surface area (Å²) in [5, 5.41) is 0. The van der Waals surface area contributed by atoms with Gasteiger partial charge in [0.2, 0.25) is 0 Å². The molecule has 0 saturated carbocycles. The number of ether oxygens (including phenoxy) is 2. The van der Waals surface area contributed by atoms with Crippen molar-refractivity contribution >= 4 is 0 Å². The molecule has 3 nitrogen and oxygen atoms in total. The van der Waals surface area contributed by atoms with Gasteiger partial charge in [-0.25, -0.2) is 0 Å². The molecular weight excluding hydrogens is 286 g/mol. The van der Waals surface area contributed by atoms with Gasteiger partial charge in [0.25, 0.3) is 0 Å². The molecule has 1 aromatic rings. The Morgan fingerprint density at radius 1 is 0.783 bits per heavy atom. The quantitative estimate of drug-likeness (QED) is 0.370. The number of nitrogens with zero attached hydrogens (tertiary/aromatic N) is 1. The third-order valence-electron chi connectivity index (χ3n) is 4.20. The molecule has 1 aromatic carbocycles. The Labute approximate surface area is 143 Å². The summed E-state index contributed by atoms with van der Waals surface area (Å²) in [5.74, 6) is 0.912. The highest BCUT2D eigenvalue weighted by atomic mass is 16.5. The van der Waals surface area contributed by atoms with E-state index >= 15 is 0 Å². The number of hydrogen-bond acceptors (Lipinski definition) is 2. The van der Waals surface area contributed by atoms with Gasteiger partial charge in [-0.2, -0.15) is 0 Å². The molecule has 3 heteroatoms. The lowest BCUT2D eigenvalue weighted by atomic mass is 10.1. The number of para-hydroxylation sites is 1. The molecule has 0 aromatic heterocycles. The molecule has 0 radical (unpaired) electrons. The molecule has 0 spiro atoms. The standard InChI is InChI=1S/C20H36NO2/c1-4-5-6-7-8-12-15-21(2,3)16-17-22-18-19-23-20-13-10-9-11-14-20/h9-11,13-14H,4-8,12,15-19H2,1-3H3/q+1. The zero-order valence-electron chi connectivity index (χ0n) is 15.4. The highest BCUT2D eigenvalue weighted by Gasteiger charge is 2.13. The Bertz CT molecular complexity index is 378. The predicted molar refractivity (Wildman–Crippen MR) is 98.0 cm³/mol. The van der Waals surface area contributed by atoms with E-state index in [-0.39, 0.29) is 0 Å². The molecule has 0 aliphatic rings. The zero-order chi connectivity index (χ0) is 16.8. The summed E-state index contributed by atoms with van der Waals surface area (Å²) in [6.45, 7) is 6.67. The van der Waals surface area contributed by atoms with Crippen molar-refractivity contribution < 1.29 is 14.0 Å². The van der Waals surface area contributed by atoms with Crippen LogP contribution >= 0.6 is 0 Å². The van der Waals surface area contributed by atoms with Crippen LogP contribution in [-0.4, -0.2) is 51.5 Å².